The summed E-state index contributed by atoms with van der Waals surface area (Å²) >= 11 is 0. The van der Waals surface area contributed by atoms with Gasteiger partial charge >= 0.3 is 0 Å². The minimum Gasteiger partial charge on any atom is -0.375 e. The number of nitrogens with one attached hydrogen (secondary N) is 1. The molecule has 2 aromatic carbocycles. The number of aryl methyl sites for hydroxylation is 2. The molecule has 0 saturated heterocycles. The van der Waals surface area contributed by atoms with Crippen molar-refractivity contribution in [1.29, 1.82) is 0 Å². The number of ketones is 1. The molecule has 1 aliphatic heterocycles. The van der Waals surface area contributed by atoms with E-state index in [0.717, 1.165) is 16.7 Å². The predicted octanol–water partition coefficient (Wildman–Crippen LogP) is 4.01. The normalized spacial score (nSPS) is 19.2. The fourth-order valence-electron chi connectivity index (χ4n) is 3.63. The molecule has 0 spiro atoms. The maximum Gasteiger partial charge on any atom is 0.261 e. The first kappa shape index (κ1) is 18.3. The second-order valence-electron chi connectivity index (χ2n) is 8.19. The number of aliphatic hydroxyl groups is 1. The van der Waals surface area contributed by atoms with Gasteiger partial charge in [-0.25, -0.2) is 0 Å². The summed E-state index contributed by atoms with van der Waals surface area (Å²) in [5, 5.41) is 13.6. The van der Waals surface area contributed by atoms with E-state index in [9.17, 15) is 14.7 Å². The van der Waals surface area contributed by atoms with Crippen LogP contribution in [-0.4, -0.2) is 16.8 Å². The molecule has 3 rings (SSSR count). The van der Waals surface area contributed by atoms with Crippen molar-refractivity contribution in [3.63, 3.8) is 0 Å². The van der Waals surface area contributed by atoms with Crippen LogP contribution in [0.4, 0.5) is 5.69 Å². The SMILES string of the molecule is Cc1cc(C(C)(C)C)cc(C)c1C(=O)CC1(O)C(=O)Nc2ccccc21. The summed E-state index contributed by atoms with van der Waals surface area (Å²) in [4.78, 5) is 25.4. The molecular weight excluding hydrogens is 326 g/mol. The Labute approximate surface area is 154 Å². The van der Waals surface area contributed by atoms with Crippen LogP contribution in [0.15, 0.2) is 36.4 Å². The average molecular weight is 351 g/mol. The van der Waals surface area contributed by atoms with Crippen LogP contribution in [0.25, 0.3) is 0 Å². The molecule has 1 atom stereocenters. The largest absolute Gasteiger partial charge is 0.375 e. The van der Waals surface area contributed by atoms with Gasteiger partial charge in [0.25, 0.3) is 5.91 Å². The zero-order valence-corrected chi connectivity index (χ0v) is 15.9. The topological polar surface area (TPSA) is 66.4 Å². The number of hydrogen-bond acceptors (Lipinski definition) is 3. The maximum atomic E-state index is 13.0. The molecule has 1 aliphatic rings. The van der Waals surface area contributed by atoms with Crippen molar-refractivity contribution < 1.29 is 14.7 Å². The monoisotopic (exact) mass is 351 g/mol. The molecule has 1 amide bonds. The number of fused-ring (bicyclic) bond motifs is 1. The van der Waals surface area contributed by atoms with E-state index in [4.69, 9.17) is 0 Å². The molecule has 0 fully saturated rings. The highest BCUT2D eigenvalue weighted by Crippen LogP contribution is 2.39. The van der Waals surface area contributed by atoms with E-state index < -0.39 is 11.5 Å². The van der Waals surface area contributed by atoms with Gasteiger partial charge in [0.2, 0.25) is 0 Å². The van der Waals surface area contributed by atoms with E-state index in [1.54, 1.807) is 24.3 Å². The van der Waals surface area contributed by atoms with Crippen LogP contribution >= 0.6 is 0 Å². The Kier molecular flexibility index (Phi) is 4.27. The Morgan fingerprint density at radius 1 is 1.12 bits per heavy atom. The van der Waals surface area contributed by atoms with Crippen LogP contribution in [0.2, 0.25) is 0 Å². The molecule has 1 unspecified atom stereocenters. The summed E-state index contributed by atoms with van der Waals surface area (Å²) in [6, 6.07) is 11.0. The third-order valence-corrected chi connectivity index (χ3v) is 5.09. The third-order valence-electron chi connectivity index (χ3n) is 5.09. The fraction of sp³-hybridized carbons (Fsp3) is 0.364. The maximum absolute atomic E-state index is 13.0. The molecule has 4 nitrogen and oxygen atoms in total. The zero-order valence-electron chi connectivity index (χ0n) is 15.9. The van der Waals surface area contributed by atoms with Gasteiger partial charge in [0.05, 0.1) is 6.42 Å². The minimum atomic E-state index is -1.82. The molecule has 0 bridgehead atoms. The lowest BCUT2D eigenvalue weighted by Gasteiger charge is -2.24. The first-order chi connectivity index (χ1) is 12.0. The number of amides is 1. The van der Waals surface area contributed by atoms with Crippen molar-refractivity contribution in [2.75, 3.05) is 5.32 Å². The van der Waals surface area contributed by atoms with Gasteiger partial charge in [0, 0.05) is 16.8 Å². The quantitative estimate of drug-likeness (QED) is 0.821. The number of benzene rings is 2. The van der Waals surface area contributed by atoms with Crippen molar-refractivity contribution in [3.05, 3.63) is 64.2 Å². The lowest BCUT2D eigenvalue weighted by molar-refractivity contribution is -0.133. The smallest absolute Gasteiger partial charge is 0.261 e. The number of anilines is 1. The van der Waals surface area contributed by atoms with Crippen LogP contribution in [0.3, 0.4) is 0 Å². The van der Waals surface area contributed by atoms with Gasteiger partial charge in [-0.05, 0) is 42.0 Å². The molecule has 136 valence electrons. The van der Waals surface area contributed by atoms with Crippen molar-refractivity contribution in [2.24, 2.45) is 0 Å². The minimum absolute atomic E-state index is 0.0143. The van der Waals surface area contributed by atoms with E-state index in [2.05, 4.69) is 26.1 Å². The number of rotatable bonds is 3. The molecule has 2 aromatic rings. The van der Waals surface area contributed by atoms with Crippen molar-refractivity contribution in [1.82, 2.24) is 0 Å². The van der Waals surface area contributed by atoms with Crippen molar-refractivity contribution >= 4 is 17.4 Å². The molecule has 1 heterocycles. The standard InChI is InChI=1S/C22H25NO3/c1-13-10-15(21(3,4)5)11-14(2)19(13)18(24)12-22(26)16-8-6-7-9-17(16)23-20(22)25/h6-11,26H,12H2,1-5H3,(H,23,25). The number of carbonyl (C=O) groups is 2. The Bertz CT molecular complexity index is 885. The highest BCUT2D eigenvalue weighted by molar-refractivity contribution is 6.10. The van der Waals surface area contributed by atoms with Gasteiger partial charge in [0.15, 0.2) is 11.4 Å². The number of carbonyl (C=O) groups excluding carboxylic acids is 2. The van der Waals surface area contributed by atoms with Gasteiger partial charge in [-0.15, -0.1) is 0 Å². The molecule has 0 saturated carbocycles. The van der Waals surface area contributed by atoms with Crippen LogP contribution in [0, 0.1) is 13.8 Å². The average Bonchev–Trinajstić information content (AvgIpc) is 2.77. The van der Waals surface area contributed by atoms with E-state index in [1.807, 2.05) is 26.0 Å². The van der Waals surface area contributed by atoms with Crippen LogP contribution < -0.4 is 5.32 Å². The zero-order chi connectivity index (χ0) is 19.3. The third kappa shape index (κ3) is 2.95. The Morgan fingerprint density at radius 2 is 1.69 bits per heavy atom. The first-order valence-corrected chi connectivity index (χ1v) is 8.82. The van der Waals surface area contributed by atoms with Crippen molar-refractivity contribution in [3.8, 4) is 0 Å². The highest BCUT2D eigenvalue weighted by Gasteiger charge is 2.46. The van der Waals surface area contributed by atoms with Gasteiger partial charge in [0.1, 0.15) is 0 Å². The van der Waals surface area contributed by atoms with Gasteiger partial charge in [-0.3, -0.25) is 9.59 Å². The number of para-hydroxylation sites is 1. The number of Topliss-reactive ketones (excluding diaryl/α,β-unsaturated/α-hetero) is 1. The lowest BCUT2D eigenvalue weighted by atomic mass is 9.81. The molecular formula is C22H25NO3. The summed E-state index contributed by atoms with van der Waals surface area (Å²) in [6.07, 6.45) is -0.271. The molecule has 0 radical (unpaired) electrons. The summed E-state index contributed by atoms with van der Waals surface area (Å²) in [6.45, 7) is 10.2. The van der Waals surface area contributed by atoms with Crippen LogP contribution in [0.1, 0.15) is 59.8 Å². The molecule has 2 N–H and O–H groups in total. The summed E-state index contributed by atoms with van der Waals surface area (Å²) < 4.78 is 0. The highest BCUT2D eigenvalue weighted by atomic mass is 16.3. The molecule has 0 aromatic heterocycles. The second kappa shape index (κ2) is 6.06. The summed E-state index contributed by atoms with van der Waals surface area (Å²) in [5.41, 5.74) is 2.67. The molecule has 26 heavy (non-hydrogen) atoms. The first-order valence-electron chi connectivity index (χ1n) is 8.82. The Morgan fingerprint density at radius 3 is 2.27 bits per heavy atom. The van der Waals surface area contributed by atoms with Gasteiger partial charge in [-0.1, -0.05) is 51.1 Å². The predicted molar refractivity (Wildman–Crippen MR) is 103 cm³/mol. The molecule has 0 aliphatic carbocycles. The fourth-order valence-corrected chi connectivity index (χ4v) is 3.63. The lowest BCUT2D eigenvalue weighted by Crippen LogP contribution is -2.36. The van der Waals surface area contributed by atoms with Gasteiger partial charge in [-0.2, -0.15) is 0 Å². The number of hydrogen-bond donors (Lipinski definition) is 2. The van der Waals surface area contributed by atoms with E-state index in [-0.39, 0.29) is 17.6 Å². The molecule has 4 heteroatoms. The van der Waals surface area contributed by atoms with Gasteiger partial charge < -0.3 is 10.4 Å². The second-order valence-corrected chi connectivity index (χ2v) is 8.19. The van der Waals surface area contributed by atoms with Crippen LogP contribution in [-0.2, 0) is 15.8 Å². The summed E-state index contributed by atoms with van der Waals surface area (Å²) in [7, 11) is 0. The summed E-state index contributed by atoms with van der Waals surface area (Å²) in [5.74, 6) is -0.775. The van der Waals surface area contributed by atoms with E-state index >= 15 is 0 Å². The van der Waals surface area contributed by atoms with E-state index in [1.165, 1.54) is 0 Å². The van der Waals surface area contributed by atoms with Crippen LogP contribution in [0.5, 0.6) is 0 Å². The Hall–Kier alpha value is -2.46. The Balaban J connectivity index is 1.98. The van der Waals surface area contributed by atoms with Crippen molar-refractivity contribution in [2.45, 2.75) is 52.1 Å². The van der Waals surface area contributed by atoms with E-state index in [0.29, 0.717) is 16.8 Å².